The highest BCUT2D eigenvalue weighted by Crippen LogP contribution is 2.34. The van der Waals surface area contributed by atoms with Crippen LogP contribution < -0.4 is 15.0 Å². The molecule has 1 fully saturated rings. The molecule has 3 aromatic rings. The van der Waals surface area contributed by atoms with Gasteiger partial charge in [-0.3, -0.25) is 9.69 Å². The summed E-state index contributed by atoms with van der Waals surface area (Å²) in [6, 6.07) is 7.68. The number of carbonyl (C=O) groups excluding carboxylic acids is 1. The number of piperazine rings is 1. The van der Waals surface area contributed by atoms with Gasteiger partial charge in [-0.2, -0.15) is 0 Å². The van der Waals surface area contributed by atoms with E-state index in [4.69, 9.17) is 32.9 Å². The maximum Gasteiger partial charge on any atom is 0.253 e. The van der Waals surface area contributed by atoms with Crippen molar-refractivity contribution < 1.29 is 9.53 Å². The monoisotopic (exact) mass is 484 g/mol. The lowest BCUT2D eigenvalue weighted by atomic mass is 10.3. The molecule has 0 atom stereocenters. The summed E-state index contributed by atoms with van der Waals surface area (Å²) in [4.78, 5) is 21.7. The quantitative estimate of drug-likeness (QED) is 0.530. The number of nitrogens with zero attached hydrogens (tertiary/aromatic N) is 3. The summed E-state index contributed by atoms with van der Waals surface area (Å²) < 4.78 is 7.80. The van der Waals surface area contributed by atoms with Crippen molar-refractivity contribution in [3.8, 4) is 5.75 Å². The Balaban J connectivity index is 1.28. The van der Waals surface area contributed by atoms with Gasteiger partial charge in [0, 0.05) is 39.3 Å². The van der Waals surface area contributed by atoms with E-state index in [9.17, 15) is 4.79 Å². The van der Waals surface area contributed by atoms with E-state index in [-0.39, 0.29) is 5.91 Å². The summed E-state index contributed by atoms with van der Waals surface area (Å²) >= 11 is 14.9. The van der Waals surface area contributed by atoms with Crippen molar-refractivity contribution in [3.63, 3.8) is 0 Å². The van der Waals surface area contributed by atoms with E-state index in [1.807, 2.05) is 19.1 Å². The fourth-order valence-corrected chi connectivity index (χ4v) is 5.89. The molecule has 0 saturated carbocycles. The van der Waals surface area contributed by atoms with Gasteiger partial charge in [-0.15, -0.1) is 11.3 Å². The van der Waals surface area contributed by atoms with Crippen LogP contribution in [0, 0.1) is 0 Å². The van der Waals surface area contributed by atoms with Gasteiger partial charge < -0.3 is 15.0 Å². The van der Waals surface area contributed by atoms with E-state index < -0.39 is 0 Å². The lowest BCUT2D eigenvalue weighted by Crippen LogP contribution is -2.48. The molecule has 0 unspecified atom stereocenters. The Hall–Kier alpha value is -1.58. The van der Waals surface area contributed by atoms with Crippen molar-refractivity contribution in [1.82, 2.24) is 15.2 Å². The van der Waals surface area contributed by atoms with Crippen LogP contribution in [0.4, 0.5) is 5.13 Å². The molecule has 4 rings (SSSR count). The lowest BCUT2D eigenvalue weighted by Gasteiger charge is -2.34. The second kappa shape index (κ2) is 9.70. The number of para-hydroxylation sites is 1. The molecule has 0 radical (unpaired) electrons. The SMILES string of the molecule is CCOc1cccc2sc(N3CCN(CCNC(=O)c4cc(Cl)sc4Cl)CC3)nc12. The molecule has 1 aliphatic heterocycles. The Bertz CT molecular complexity index is 1030. The molecule has 2 aromatic heterocycles. The molecule has 1 N–H and O–H groups in total. The third-order valence-corrected chi connectivity index (χ3v) is 7.50. The number of hydrogen-bond donors (Lipinski definition) is 1. The zero-order valence-electron chi connectivity index (χ0n) is 16.5. The molecular weight excluding hydrogens is 463 g/mol. The molecule has 1 amide bonds. The number of rotatable bonds is 7. The van der Waals surface area contributed by atoms with Gasteiger partial charge in [-0.1, -0.05) is 40.6 Å². The van der Waals surface area contributed by atoms with Gasteiger partial charge in [0.15, 0.2) is 5.13 Å². The second-order valence-electron chi connectivity index (χ2n) is 6.85. The minimum absolute atomic E-state index is 0.179. The molecule has 1 aliphatic rings. The van der Waals surface area contributed by atoms with Crippen LogP contribution >= 0.6 is 45.9 Å². The van der Waals surface area contributed by atoms with E-state index in [2.05, 4.69) is 21.2 Å². The Morgan fingerprint density at radius 2 is 2.03 bits per heavy atom. The minimum atomic E-state index is -0.179. The molecule has 3 heterocycles. The van der Waals surface area contributed by atoms with Crippen LogP contribution in [0.2, 0.25) is 8.67 Å². The number of ether oxygens (including phenoxy) is 1. The molecule has 1 aromatic carbocycles. The van der Waals surface area contributed by atoms with Crippen LogP contribution in [0.5, 0.6) is 5.75 Å². The van der Waals surface area contributed by atoms with Gasteiger partial charge in [-0.25, -0.2) is 4.98 Å². The maximum absolute atomic E-state index is 12.2. The predicted octanol–water partition coefficient (Wildman–Crippen LogP) is 4.62. The first-order valence-electron chi connectivity index (χ1n) is 9.78. The van der Waals surface area contributed by atoms with E-state index >= 15 is 0 Å². The number of fused-ring (bicyclic) bond motifs is 1. The summed E-state index contributed by atoms with van der Waals surface area (Å²) in [5.74, 6) is 0.667. The average Bonchev–Trinajstić information content (AvgIpc) is 3.32. The molecule has 1 saturated heterocycles. The Morgan fingerprint density at radius 1 is 1.23 bits per heavy atom. The fraction of sp³-hybridized carbons (Fsp3) is 0.400. The molecule has 0 aliphatic carbocycles. The molecule has 0 spiro atoms. The van der Waals surface area contributed by atoms with Gasteiger partial charge in [0.2, 0.25) is 0 Å². The first-order valence-corrected chi connectivity index (χ1v) is 12.2. The summed E-state index contributed by atoms with van der Waals surface area (Å²) in [5.41, 5.74) is 1.38. The minimum Gasteiger partial charge on any atom is -0.492 e. The Morgan fingerprint density at radius 3 is 2.73 bits per heavy atom. The molecular formula is C20H22Cl2N4O2S2. The molecule has 160 valence electrons. The standard InChI is InChI=1S/C20H22Cl2N4O2S2/c1-2-28-14-4-3-5-15-17(14)24-20(29-15)26-10-8-25(9-11-26)7-6-23-19(27)13-12-16(21)30-18(13)22/h3-5,12H,2,6-11H2,1H3,(H,23,27). The predicted molar refractivity (Wildman–Crippen MR) is 126 cm³/mol. The van der Waals surface area contributed by atoms with Crippen LogP contribution in [0.3, 0.4) is 0 Å². The van der Waals surface area contributed by atoms with Crippen molar-refractivity contribution in [3.05, 3.63) is 38.5 Å². The number of anilines is 1. The van der Waals surface area contributed by atoms with Gasteiger partial charge in [0.1, 0.15) is 15.6 Å². The van der Waals surface area contributed by atoms with Crippen LogP contribution in [0.1, 0.15) is 17.3 Å². The van der Waals surface area contributed by atoms with Gasteiger partial charge in [0.05, 0.1) is 21.2 Å². The normalized spacial score (nSPS) is 15.0. The third kappa shape index (κ3) is 4.84. The Labute approximate surface area is 193 Å². The number of aromatic nitrogens is 1. The molecule has 30 heavy (non-hydrogen) atoms. The van der Waals surface area contributed by atoms with Crippen molar-refractivity contribution in [2.24, 2.45) is 0 Å². The lowest BCUT2D eigenvalue weighted by molar-refractivity contribution is 0.0948. The highest BCUT2D eigenvalue weighted by molar-refractivity contribution is 7.22. The van der Waals surface area contributed by atoms with Crippen molar-refractivity contribution in [2.45, 2.75) is 6.92 Å². The summed E-state index contributed by atoms with van der Waals surface area (Å²) in [5, 5.41) is 3.96. The first kappa shape index (κ1) is 21.6. The van der Waals surface area contributed by atoms with E-state index in [1.165, 1.54) is 11.3 Å². The number of amides is 1. The van der Waals surface area contributed by atoms with Crippen LogP contribution in [-0.4, -0.2) is 61.7 Å². The van der Waals surface area contributed by atoms with Gasteiger partial charge in [0.25, 0.3) is 5.91 Å². The van der Waals surface area contributed by atoms with Crippen molar-refractivity contribution in [2.75, 3.05) is 50.8 Å². The Kier molecular flexibility index (Phi) is 7.00. The van der Waals surface area contributed by atoms with E-state index in [0.717, 1.165) is 53.8 Å². The number of thiazole rings is 1. The zero-order chi connectivity index (χ0) is 21.1. The number of halogens is 2. The largest absolute Gasteiger partial charge is 0.492 e. The first-order chi connectivity index (χ1) is 14.5. The molecule has 10 heteroatoms. The van der Waals surface area contributed by atoms with Crippen molar-refractivity contribution >= 4 is 67.1 Å². The molecule has 0 bridgehead atoms. The van der Waals surface area contributed by atoms with E-state index in [0.29, 0.717) is 27.4 Å². The van der Waals surface area contributed by atoms with Gasteiger partial charge >= 0.3 is 0 Å². The number of benzene rings is 1. The van der Waals surface area contributed by atoms with Crippen LogP contribution in [0.15, 0.2) is 24.3 Å². The average molecular weight is 485 g/mol. The third-order valence-electron chi connectivity index (χ3n) is 4.93. The summed E-state index contributed by atoms with van der Waals surface area (Å²) in [7, 11) is 0. The second-order valence-corrected chi connectivity index (χ2v) is 10.1. The number of nitrogens with one attached hydrogen (secondary N) is 1. The van der Waals surface area contributed by atoms with Crippen molar-refractivity contribution in [1.29, 1.82) is 0 Å². The maximum atomic E-state index is 12.2. The van der Waals surface area contributed by atoms with E-state index in [1.54, 1.807) is 17.4 Å². The number of hydrogen-bond acceptors (Lipinski definition) is 7. The number of thiophene rings is 1. The molecule has 6 nitrogen and oxygen atoms in total. The highest BCUT2D eigenvalue weighted by atomic mass is 35.5. The topological polar surface area (TPSA) is 57.7 Å². The van der Waals surface area contributed by atoms with Gasteiger partial charge in [-0.05, 0) is 25.1 Å². The zero-order valence-corrected chi connectivity index (χ0v) is 19.6. The van der Waals surface area contributed by atoms with Crippen LogP contribution in [-0.2, 0) is 0 Å². The smallest absolute Gasteiger partial charge is 0.253 e. The summed E-state index contributed by atoms with van der Waals surface area (Å²) in [6.45, 7) is 7.65. The van der Waals surface area contributed by atoms with Crippen LogP contribution in [0.25, 0.3) is 10.2 Å². The highest BCUT2D eigenvalue weighted by Gasteiger charge is 2.21. The number of carbonyl (C=O) groups is 1. The summed E-state index contributed by atoms with van der Waals surface area (Å²) in [6.07, 6.45) is 0. The fourth-order valence-electron chi connectivity index (χ4n) is 3.40.